The van der Waals surface area contributed by atoms with Crippen molar-refractivity contribution in [1.29, 1.82) is 0 Å². The molecule has 0 bridgehead atoms. The van der Waals surface area contributed by atoms with Gasteiger partial charge < -0.3 is 0 Å². The number of benzene rings is 2. The van der Waals surface area contributed by atoms with Gasteiger partial charge in [0.2, 0.25) is 0 Å². The molecule has 0 radical (unpaired) electrons. The molecule has 0 saturated carbocycles. The maximum absolute atomic E-state index is 6.11. The maximum atomic E-state index is 6.11. The molecule has 2 heteroatoms. The fourth-order valence-corrected chi connectivity index (χ4v) is 4.06. The molecule has 1 nitrogen and oxygen atoms in total. The van der Waals surface area contributed by atoms with E-state index in [0.29, 0.717) is 0 Å². The van der Waals surface area contributed by atoms with Gasteiger partial charge in [-0.3, -0.25) is 0 Å². The molecule has 0 fully saturated rings. The molecule has 1 aliphatic carbocycles. The number of hydrogen-bond acceptors (Lipinski definition) is 1. The van der Waals surface area contributed by atoms with Gasteiger partial charge in [0.15, 0.2) is 0 Å². The molecule has 0 saturated heterocycles. The average Bonchev–Trinajstić information content (AvgIpc) is 3.03. The van der Waals surface area contributed by atoms with Crippen LogP contribution in [0.5, 0.6) is 5.75 Å². The topological polar surface area (TPSA) is 9.23 Å². The summed E-state index contributed by atoms with van der Waals surface area (Å²) in [6.07, 6.45) is 7.43. The van der Waals surface area contributed by atoms with Gasteiger partial charge in [0.25, 0.3) is 0 Å². The minimum absolute atomic E-state index is 0.934. The number of rotatable bonds is 4. The average molecular weight is 296 g/mol. The van der Waals surface area contributed by atoms with Gasteiger partial charge in [-0.1, -0.05) is 0 Å². The van der Waals surface area contributed by atoms with Crippen molar-refractivity contribution in [2.75, 3.05) is 0 Å². The molecule has 0 heterocycles. The summed E-state index contributed by atoms with van der Waals surface area (Å²) in [7, 11) is 0. The molecule has 0 atom stereocenters. The molecular weight excluding hydrogens is 280 g/mol. The summed E-state index contributed by atoms with van der Waals surface area (Å²) in [6, 6.07) is 18.7. The van der Waals surface area contributed by atoms with E-state index >= 15 is 0 Å². The van der Waals surface area contributed by atoms with Crippen LogP contribution in [-0.4, -0.2) is 4.82 Å². The third-order valence-electron chi connectivity index (χ3n) is 3.31. The fraction of sp³-hybridized carbons (Fsp3) is 0.0556. The summed E-state index contributed by atoms with van der Waals surface area (Å²) in [5, 5.41) is 0. The Labute approximate surface area is 126 Å². The number of allylic oxidation sites excluding steroid dienone is 4. The zero-order valence-corrected chi connectivity index (χ0v) is 12.8. The Balaban J connectivity index is 1.80. The monoisotopic (exact) mass is 296 g/mol. The van der Waals surface area contributed by atoms with Crippen molar-refractivity contribution >= 4 is 4.82 Å². The van der Waals surface area contributed by atoms with Gasteiger partial charge in [-0.25, -0.2) is 0 Å². The standard InChI is InChI=1S/C12H10O.C5H5.CH2.Ti/c13-12-8-4-7-11(9-12)10-5-2-1-3-6-10;1-2-4-5-3-1;;/h1-9,13H;1-3H,4H2;1H2;/q;;;+1/p-1. The van der Waals surface area contributed by atoms with E-state index in [1.165, 1.54) is 15.0 Å². The molecule has 0 N–H and O–H groups in total. The van der Waals surface area contributed by atoms with Gasteiger partial charge in [0.05, 0.1) is 0 Å². The Kier molecular flexibility index (Phi) is 4.10. The van der Waals surface area contributed by atoms with Crippen LogP contribution < -0.4 is 3.32 Å². The molecule has 98 valence electrons. The molecule has 0 unspecified atom stereocenters. The summed E-state index contributed by atoms with van der Waals surface area (Å²) in [5.41, 5.74) is 2.40. The normalized spacial score (nSPS) is 13.1. The van der Waals surface area contributed by atoms with Crippen LogP contribution in [0, 0.1) is 0 Å². The Morgan fingerprint density at radius 3 is 2.50 bits per heavy atom. The minimum atomic E-state index is -1.83. The molecule has 0 aliphatic heterocycles. The Morgan fingerprint density at radius 2 is 1.75 bits per heavy atom. The first kappa shape index (κ1) is 13.3. The van der Waals surface area contributed by atoms with Crippen LogP contribution in [-0.2, 0) is 17.8 Å². The van der Waals surface area contributed by atoms with Gasteiger partial charge >= 0.3 is 126 Å². The first-order valence-corrected chi connectivity index (χ1v) is 9.23. The van der Waals surface area contributed by atoms with E-state index < -0.39 is 17.8 Å². The molecule has 0 spiro atoms. The van der Waals surface area contributed by atoms with Crippen LogP contribution >= 0.6 is 0 Å². The fourth-order valence-electron chi connectivity index (χ4n) is 2.23. The predicted molar refractivity (Wildman–Crippen MR) is 81.5 cm³/mol. The van der Waals surface area contributed by atoms with E-state index in [0.717, 1.165) is 12.2 Å². The summed E-state index contributed by atoms with van der Waals surface area (Å²) < 4.78 is 7.49. The molecule has 3 rings (SSSR count). The molecule has 0 aromatic heterocycles. The van der Waals surface area contributed by atoms with Crippen LogP contribution in [0.15, 0.2) is 76.7 Å². The van der Waals surface area contributed by atoms with Crippen molar-refractivity contribution in [3.63, 3.8) is 0 Å². The summed E-state index contributed by atoms with van der Waals surface area (Å²) in [4.78, 5) is 4.25. The van der Waals surface area contributed by atoms with Crippen LogP contribution in [0.1, 0.15) is 6.42 Å². The van der Waals surface area contributed by atoms with Crippen LogP contribution in [0.3, 0.4) is 0 Å². The second kappa shape index (κ2) is 6.17. The predicted octanol–water partition coefficient (Wildman–Crippen LogP) is 4.54. The summed E-state index contributed by atoms with van der Waals surface area (Å²) in [5.74, 6) is 0.934. The van der Waals surface area contributed by atoms with E-state index in [4.69, 9.17) is 3.32 Å². The molecule has 0 amide bonds. The van der Waals surface area contributed by atoms with E-state index in [1.54, 1.807) is 0 Å². The zero-order valence-electron chi connectivity index (χ0n) is 11.3. The van der Waals surface area contributed by atoms with Gasteiger partial charge in [-0.05, 0) is 0 Å². The van der Waals surface area contributed by atoms with Crippen molar-refractivity contribution < 1.29 is 21.1 Å². The molecule has 20 heavy (non-hydrogen) atoms. The van der Waals surface area contributed by atoms with Gasteiger partial charge in [0.1, 0.15) is 0 Å². The Morgan fingerprint density at radius 1 is 0.950 bits per heavy atom. The van der Waals surface area contributed by atoms with Crippen molar-refractivity contribution in [3.05, 3.63) is 76.7 Å². The van der Waals surface area contributed by atoms with Crippen molar-refractivity contribution in [3.8, 4) is 16.9 Å². The third-order valence-corrected chi connectivity index (χ3v) is 5.76. The van der Waals surface area contributed by atoms with Gasteiger partial charge in [0, 0.05) is 0 Å². The second-order valence-electron chi connectivity index (χ2n) is 4.74. The Bertz CT molecular complexity index is 684. The zero-order chi connectivity index (χ0) is 13.8. The van der Waals surface area contributed by atoms with Crippen LogP contribution in [0.25, 0.3) is 11.1 Å². The van der Waals surface area contributed by atoms with Crippen LogP contribution in [0.4, 0.5) is 0 Å². The number of hydrogen-bond donors (Lipinski definition) is 0. The summed E-state index contributed by atoms with van der Waals surface area (Å²) in [6.45, 7) is 0. The van der Waals surface area contributed by atoms with E-state index in [1.807, 2.05) is 18.2 Å². The van der Waals surface area contributed by atoms with E-state index in [2.05, 4.69) is 59.4 Å². The van der Waals surface area contributed by atoms with Crippen molar-refractivity contribution in [1.82, 2.24) is 0 Å². The van der Waals surface area contributed by atoms with E-state index in [-0.39, 0.29) is 0 Å². The first-order chi connectivity index (χ1) is 9.83. The van der Waals surface area contributed by atoms with Crippen molar-refractivity contribution in [2.45, 2.75) is 6.42 Å². The molecule has 2 aromatic rings. The molecule has 2 aromatic carbocycles. The second-order valence-corrected chi connectivity index (χ2v) is 7.39. The summed E-state index contributed by atoms with van der Waals surface area (Å²) >= 11 is -1.83. The van der Waals surface area contributed by atoms with E-state index in [9.17, 15) is 0 Å². The van der Waals surface area contributed by atoms with Gasteiger partial charge in [-0.15, -0.1) is 0 Å². The molecule has 1 aliphatic rings. The Hall–Kier alpha value is -1.70. The third kappa shape index (κ3) is 3.06. The first-order valence-electron chi connectivity index (χ1n) is 6.71. The molecular formula is C18H16OTi. The van der Waals surface area contributed by atoms with Gasteiger partial charge in [-0.2, -0.15) is 0 Å². The van der Waals surface area contributed by atoms with Crippen molar-refractivity contribution in [2.24, 2.45) is 0 Å². The van der Waals surface area contributed by atoms with Crippen LogP contribution in [0.2, 0.25) is 0 Å². The quantitative estimate of drug-likeness (QED) is 0.753. The SMILES string of the molecule is [CH2]=[Ti]([O]c1cccc(-c2ccccc2)c1)[C]1=CC=CC1.